The molecule has 2 aliphatic rings. The zero-order chi connectivity index (χ0) is 23.0. The smallest absolute Gasteiger partial charge is 0.340 e. The molecule has 0 bridgehead atoms. The summed E-state index contributed by atoms with van der Waals surface area (Å²) in [4.78, 5) is 14.1. The van der Waals surface area contributed by atoms with E-state index in [4.69, 9.17) is 0 Å². The number of benzene rings is 1. The van der Waals surface area contributed by atoms with Gasteiger partial charge in [0.1, 0.15) is 0 Å². The van der Waals surface area contributed by atoms with Crippen LogP contribution in [0.5, 0.6) is 0 Å². The van der Waals surface area contributed by atoms with Gasteiger partial charge in [-0.2, -0.15) is 17.5 Å². The molecule has 0 radical (unpaired) electrons. The Hall–Kier alpha value is -1.66. The fourth-order valence-electron chi connectivity index (χ4n) is 3.91. The van der Waals surface area contributed by atoms with Gasteiger partial charge >= 0.3 is 6.18 Å². The standard InChI is InChI=1S/C19H25F3N2O5S2/c1-14(15-2-4-16(5-3-15)19(20,21)22)12-18(25)23-7-9-24(10-8-23)31(28,29)17-6-11-30(26,27)13-17/h2-5,14,17H,6-13H2,1H3. The number of alkyl halides is 3. The molecule has 2 heterocycles. The van der Waals surface area contributed by atoms with E-state index in [1.165, 1.54) is 21.3 Å². The van der Waals surface area contributed by atoms with Crippen LogP contribution in [-0.4, -0.2) is 74.9 Å². The fourth-order valence-corrected chi connectivity index (χ4v) is 8.42. The molecular weight excluding hydrogens is 457 g/mol. The third kappa shape index (κ3) is 5.58. The van der Waals surface area contributed by atoms with E-state index in [0.717, 1.165) is 12.1 Å². The van der Waals surface area contributed by atoms with E-state index < -0.39 is 36.9 Å². The van der Waals surface area contributed by atoms with Crippen LogP contribution < -0.4 is 0 Å². The Bertz CT molecular complexity index is 1020. The summed E-state index contributed by atoms with van der Waals surface area (Å²) in [5, 5.41) is -0.931. The summed E-state index contributed by atoms with van der Waals surface area (Å²) in [5.41, 5.74) is -0.132. The Balaban J connectivity index is 1.54. The fraction of sp³-hybridized carbons (Fsp3) is 0.632. The minimum Gasteiger partial charge on any atom is -0.340 e. The van der Waals surface area contributed by atoms with Gasteiger partial charge in [-0.1, -0.05) is 19.1 Å². The normalized spacial score (nSPS) is 23.6. The number of sulfonamides is 1. The maximum atomic E-state index is 12.7. The van der Waals surface area contributed by atoms with Crippen molar-refractivity contribution in [3.63, 3.8) is 0 Å². The van der Waals surface area contributed by atoms with Gasteiger partial charge in [0.05, 0.1) is 22.3 Å². The number of amides is 1. The minimum absolute atomic E-state index is 0.0917. The largest absolute Gasteiger partial charge is 0.416 e. The Morgan fingerprint density at radius 2 is 1.71 bits per heavy atom. The quantitative estimate of drug-likeness (QED) is 0.639. The van der Waals surface area contributed by atoms with Crippen LogP contribution in [0.4, 0.5) is 13.2 Å². The number of carbonyl (C=O) groups excluding carboxylic acids is 1. The number of sulfone groups is 1. The summed E-state index contributed by atoms with van der Waals surface area (Å²) in [5.74, 6) is -0.982. The number of piperazine rings is 1. The molecule has 3 rings (SSSR count). The van der Waals surface area contributed by atoms with Crippen LogP contribution in [0.3, 0.4) is 0 Å². The first-order valence-corrected chi connectivity index (χ1v) is 13.3. The third-order valence-corrected chi connectivity index (χ3v) is 10.2. The van der Waals surface area contributed by atoms with E-state index in [2.05, 4.69) is 0 Å². The van der Waals surface area contributed by atoms with Crippen molar-refractivity contribution in [2.75, 3.05) is 37.7 Å². The molecule has 1 aromatic carbocycles. The minimum atomic E-state index is -4.42. The number of nitrogens with zero attached hydrogens (tertiary/aromatic N) is 2. The number of hydrogen-bond donors (Lipinski definition) is 0. The molecule has 7 nitrogen and oxygen atoms in total. The molecule has 0 aliphatic carbocycles. The third-order valence-electron chi connectivity index (χ3n) is 5.85. The molecule has 1 amide bonds. The summed E-state index contributed by atoms with van der Waals surface area (Å²) in [6.07, 6.45) is -4.23. The molecular formula is C19H25F3N2O5S2. The second-order valence-corrected chi connectivity index (χ2v) is 12.5. The first-order valence-electron chi connectivity index (χ1n) is 9.94. The van der Waals surface area contributed by atoms with Crippen molar-refractivity contribution in [3.8, 4) is 0 Å². The summed E-state index contributed by atoms with van der Waals surface area (Å²) >= 11 is 0. The Kier molecular flexibility index (Phi) is 6.73. The number of carbonyl (C=O) groups is 1. The van der Waals surface area contributed by atoms with Gasteiger partial charge in [-0.15, -0.1) is 0 Å². The predicted octanol–water partition coefficient (Wildman–Crippen LogP) is 1.86. The predicted molar refractivity (Wildman–Crippen MR) is 109 cm³/mol. The molecule has 12 heteroatoms. The van der Waals surface area contributed by atoms with Crippen LogP contribution in [-0.2, 0) is 30.8 Å². The lowest BCUT2D eigenvalue weighted by molar-refractivity contribution is -0.137. The van der Waals surface area contributed by atoms with E-state index in [1.54, 1.807) is 6.92 Å². The molecule has 0 saturated carbocycles. The molecule has 0 aromatic heterocycles. The molecule has 2 fully saturated rings. The lowest BCUT2D eigenvalue weighted by Gasteiger charge is -2.35. The van der Waals surface area contributed by atoms with Crippen LogP contribution >= 0.6 is 0 Å². The summed E-state index contributed by atoms with van der Waals surface area (Å²) in [7, 11) is -7.06. The average Bonchev–Trinajstić information content (AvgIpc) is 3.08. The highest BCUT2D eigenvalue weighted by molar-refractivity contribution is 7.95. The maximum absolute atomic E-state index is 12.7. The molecule has 2 atom stereocenters. The van der Waals surface area contributed by atoms with Gasteiger partial charge in [0.25, 0.3) is 0 Å². The van der Waals surface area contributed by atoms with Crippen LogP contribution in [0.25, 0.3) is 0 Å². The Labute approximate surface area is 180 Å². The molecule has 31 heavy (non-hydrogen) atoms. The van der Waals surface area contributed by atoms with Crippen molar-refractivity contribution in [2.45, 2.75) is 37.1 Å². The highest BCUT2D eigenvalue weighted by Gasteiger charge is 2.41. The number of hydrogen-bond acceptors (Lipinski definition) is 5. The summed E-state index contributed by atoms with van der Waals surface area (Å²) < 4.78 is 87.9. The van der Waals surface area contributed by atoms with Gasteiger partial charge in [0, 0.05) is 32.6 Å². The highest BCUT2D eigenvalue weighted by Crippen LogP contribution is 2.31. The van der Waals surface area contributed by atoms with Crippen molar-refractivity contribution in [2.24, 2.45) is 0 Å². The van der Waals surface area contributed by atoms with E-state index >= 15 is 0 Å². The molecule has 2 unspecified atom stereocenters. The molecule has 174 valence electrons. The van der Waals surface area contributed by atoms with Crippen molar-refractivity contribution in [1.82, 2.24) is 9.21 Å². The Morgan fingerprint density at radius 3 is 2.19 bits per heavy atom. The zero-order valence-electron chi connectivity index (χ0n) is 17.0. The second kappa shape index (κ2) is 8.70. The van der Waals surface area contributed by atoms with Gasteiger partial charge in [0.15, 0.2) is 9.84 Å². The van der Waals surface area contributed by atoms with Crippen LogP contribution in [0.15, 0.2) is 24.3 Å². The Morgan fingerprint density at radius 1 is 1.13 bits per heavy atom. The van der Waals surface area contributed by atoms with Crippen molar-refractivity contribution in [3.05, 3.63) is 35.4 Å². The SMILES string of the molecule is CC(CC(=O)N1CCN(S(=O)(=O)C2CCS(=O)(=O)C2)CC1)c1ccc(C(F)(F)F)cc1. The lowest BCUT2D eigenvalue weighted by Crippen LogP contribution is -2.52. The zero-order valence-corrected chi connectivity index (χ0v) is 18.6. The van der Waals surface area contributed by atoms with E-state index in [0.29, 0.717) is 5.56 Å². The first kappa shape index (κ1) is 24.0. The van der Waals surface area contributed by atoms with Gasteiger partial charge in [-0.05, 0) is 30.0 Å². The van der Waals surface area contributed by atoms with Gasteiger partial charge < -0.3 is 4.90 Å². The maximum Gasteiger partial charge on any atom is 0.416 e. The second-order valence-electron chi connectivity index (χ2n) is 8.07. The molecule has 2 saturated heterocycles. The van der Waals surface area contributed by atoms with Gasteiger partial charge in [-0.25, -0.2) is 16.8 Å². The van der Waals surface area contributed by atoms with Crippen LogP contribution in [0.1, 0.15) is 36.8 Å². The number of halogens is 3. The van der Waals surface area contributed by atoms with E-state index in [9.17, 15) is 34.8 Å². The molecule has 0 N–H and O–H groups in total. The monoisotopic (exact) mass is 482 g/mol. The number of rotatable bonds is 5. The topological polar surface area (TPSA) is 91.8 Å². The molecule has 2 aliphatic heterocycles. The average molecular weight is 483 g/mol. The van der Waals surface area contributed by atoms with E-state index in [1.807, 2.05) is 0 Å². The van der Waals surface area contributed by atoms with Crippen molar-refractivity contribution in [1.29, 1.82) is 0 Å². The van der Waals surface area contributed by atoms with Crippen LogP contribution in [0, 0.1) is 0 Å². The first-order chi connectivity index (χ1) is 14.3. The highest BCUT2D eigenvalue weighted by atomic mass is 32.2. The molecule has 0 spiro atoms. The lowest BCUT2D eigenvalue weighted by atomic mass is 9.96. The van der Waals surface area contributed by atoms with Gasteiger partial charge in [-0.3, -0.25) is 4.79 Å². The van der Waals surface area contributed by atoms with Gasteiger partial charge in [0.2, 0.25) is 15.9 Å². The van der Waals surface area contributed by atoms with Crippen LogP contribution in [0.2, 0.25) is 0 Å². The summed E-state index contributed by atoms with van der Waals surface area (Å²) in [6.45, 7) is 2.33. The van der Waals surface area contributed by atoms with Crippen molar-refractivity contribution < 1.29 is 34.8 Å². The molecule has 1 aromatic rings. The van der Waals surface area contributed by atoms with E-state index in [-0.39, 0.29) is 62.4 Å². The summed E-state index contributed by atoms with van der Waals surface area (Å²) in [6, 6.07) is 4.70. The van der Waals surface area contributed by atoms with Crippen molar-refractivity contribution >= 4 is 25.8 Å².